The smallest absolute Gasteiger partial charge is 0.126 e. The molecule has 1 aromatic carbocycles. The van der Waals surface area contributed by atoms with Crippen LogP contribution in [-0.2, 0) is 6.42 Å². The van der Waals surface area contributed by atoms with Crippen LogP contribution in [0.15, 0.2) is 30.5 Å². The Labute approximate surface area is 130 Å². The van der Waals surface area contributed by atoms with Crippen molar-refractivity contribution in [2.75, 3.05) is 13.1 Å². The molecule has 0 bridgehead atoms. The molecule has 0 radical (unpaired) electrons. The summed E-state index contributed by atoms with van der Waals surface area (Å²) in [5.74, 6) is 0.622. The lowest BCUT2D eigenvalue weighted by atomic mass is 9.94. The molecule has 1 N–H and O–H groups in total. The number of benzene rings is 1. The Kier molecular flexibility index (Phi) is 5.88. The topological polar surface area (TPSA) is 24.9 Å². The minimum atomic E-state index is -0.116. The van der Waals surface area contributed by atoms with Crippen LogP contribution >= 0.6 is 11.3 Å². The van der Waals surface area contributed by atoms with Gasteiger partial charge >= 0.3 is 0 Å². The Balaban J connectivity index is 2.12. The molecule has 0 spiro atoms. The van der Waals surface area contributed by atoms with E-state index in [-0.39, 0.29) is 11.7 Å². The third-order valence-corrected chi connectivity index (χ3v) is 4.34. The second-order valence-electron chi connectivity index (χ2n) is 5.82. The number of rotatable bonds is 7. The summed E-state index contributed by atoms with van der Waals surface area (Å²) in [5.41, 5.74) is 0.791. The molecule has 4 heteroatoms. The Bertz CT molecular complexity index is 565. The van der Waals surface area contributed by atoms with Gasteiger partial charge in [-0.05, 0) is 37.4 Å². The van der Waals surface area contributed by atoms with E-state index in [1.807, 2.05) is 25.3 Å². The van der Waals surface area contributed by atoms with Gasteiger partial charge in [0.25, 0.3) is 0 Å². The first-order chi connectivity index (χ1) is 10.1. The van der Waals surface area contributed by atoms with Crippen LogP contribution in [0.5, 0.6) is 0 Å². The standard InChI is InChI=1S/C17H23FN2S/c1-12(2)9-19-10-14(8-15-11-20-13(3)21-15)16-6-4-5-7-17(16)18/h4-7,11-12,14,19H,8-10H2,1-3H3. The van der Waals surface area contributed by atoms with E-state index in [2.05, 4.69) is 24.1 Å². The van der Waals surface area contributed by atoms with Crippen molar-refractivity contribution in [1.82, 2.24) is 10.3 Å². The quantitative estimate of drug-likeness (QED) is 0.830. The molecule has 0 aliphatic heterocycles. The van der Waals surface area contributed by atoms with E-state index in [4.69, 9.17) is 0 Å². The molecule has 114 valence electrons. The maximum Gasteiger partial charge on any atom is 0.126 e. The minimum absolute atomic E-state index is 0.116. The maximum absolute atomic E-state index is 14.1. The highest BCUT2D eigenvalue weighted by Gasteiger charge is 2.17. The summed E-state index contributed by atoms with van der Waals surface area (Å²) >= 11 is 1.70. The van der Waals surface area contributed by atoms with Crippen LogP contribution in [0, 0.1) is 18.7 Å². The molecular formula is C17H23FN2S. The van der Waals surface area contributed by atoms with E-state index in [0.717, 1.165) is 30.1 Å². The van der Waals surface area contributed by atoms with Gasteiger partial charge in [0.1, 0.15) is 5.82 Å². The van der Waals surface area contributed by atoms with Crippen molar-refractivity contribution in [2.24, 2.45) is 5.92 Å². The second-order valence-corrected chi connectivity index (χ2v) is 7.14. The van der Waals surface area contributed by atoms with Crippen molar-refractivity contribution in [3.8, 4) is 0 Å². The summed E-state index contributed by atoms with van der Waals surface area (Å²) in [5, 5.41) is 4.52. The molecule has 0 aliphatic carbocycles. The van der Waals surface area contributed by atoms with Gasteiger partial charge in [0.05, 0.1) is 5.01 Å². The maximum atomic E-state index is 14.1. The summed E-state index contributed by atoms with van der Waals surface area (Å²) in [6, 6.07) is 7.09. The number of halogens is 1. The van der Waals surface area contributed by atoms with Crippen molar-refractivity contribution < 1.29 is 4.39 Å². The van der Waals surface area contributed by atoms with Crippen LogP contribution in [0.3, 0.4) is 0 Å². The molecule has 1 unspecified atom stereocenters. The lowest BCUT2D eigenvalue weighted by molar-refractivity contribution is 0.500. The Morgan fingerprint density at radius 3 is 2.62 bits per heavy atom. The largest absolute Gasteiger partial charge is 0.316 e. The molecule has 1 atom stereocenters. The fourth-order valence-electron chi connectivity index (χ4n) is 2.39. The van der Waals surface area contributed by atoms with E-state index in [0.29, 0.717) is 5.92 Å². The van der Waals surface area contributed by atoms with Gasteiger partial charge in [-0.25, -0.2) is 9.37 Å². The van der Waals surface area contributed by atoms with Gasteiger partial charge in [-0.3, -0.25) is 0 Å². The molecule has 1 heterocycles. The summed E-state index contributed by atoms with van der Waals surface area (Å²) in [7, 11) is 0. The Hall–Kier alpha value is -1.26. The van der Waals surface area contributed by atoms with Crippen molar-refractivity contribution >= 4 is 11.3 Å². The van der Waals surface area contributed by atoms with Crippen LogP contribution in [0.4, 0.5) is 4.39 Å². The Morgan fingerprint density at radius 2 is 2.00 bits per heavy atom. The van der Waals surface area contributed by atoms with Gasteiger partial charge in [0.2, 0.25) is 0 Å². The molecule has 2 aromatic rings. The number of thiazole rings is 1. The van der Waals surface area contributed by atoms with E-state index >= 15 is 0 Å². The van der Waals surface area contributed by atoms with Crippen LogP contribution in [0.2, 0.25) is 0 Å². The number of nitrogens with zero attached hydrogens (tertiary/aromatic N) is 1. The van der Waals surface area contributed by atoms with E-state index in [1.54, 1.807) is 23.5 Å². The molecule has 2 nitrogen and oxygen atoms in total. The molecule has 0 amide bonds. The van der Waals surface area contributed by atoms with Crippen molar-refractivity contribution in [1.29, 1.82) is 0 Å². The molecule has 2 rings (SSSR count). The first-order valence-electron chi connectivity index (χ1n) is 7.42. The van der Waals surface area contributed by atoms with E-state index in [9.17, 15) is 4.39 Å². The molecular weight excluding hydrogens is 283 g/mol. The van der Waals surface area contributed by atoms with E-state index in [1.165, 1.54) is 4.88 Å². The number of nitrogens with one attached hydrogen (secondary N) is 1. The van der Waals surface area contributed by atoms with Crippen LogP contribution in [0.1, 0.15) is 35.2 Å². The highest BCUT2D eigenvalue weighted by Crippen LogP contribution is 2.25. The number of hydrogen-bond acceptors (Lipinski definition) is 3. The average Bonchev–Trinajstić information content (AvgIpc) is 2.83. The predicted octanol–water partition coefficient (Wildman–Crippen LogP) is 4.16. The van der Waals surface area contributed by atoms with Gasteiger partial charge < -0.3 is 5.32 Å². The highest BCUT2D eigenvalue weighted by molar-refractivity contribution is 7.11. The first-order valence-corrected chi connectivity index (χ1v) is 8.24. The Morgan fingerprint density at radius 1 is 1.24 bits per heavy atom. The van der Waals surface area contributed by atoms with Crippen LogP contribution in [-0.4, -0.2) is 18.1 Å². The van der Waals surface area contributed by atoms with E-state index < -0.39 is 0 Å². The average molecular weight is 306 g/mol. The summed E-state index contributed by atoms with van der Waals surface area (Å²) in [4.78, 5) is 5.51. The molecule has 21 heavy (non-hydrogen) atoms. The lowest BCUT2D eigenvalue weighted by Crippen LogP contribution is -2.26. The normalized spacial score (nSPS) is 12.8. The number of aromatic nitrogens is 1. The minimum Gasteiger partial charge on any atom is -0.316 e. The zero-order chi connectivity index (χ0) is 15.2. The zero-order valence-corrected chi connectivity index (χ0v) is 13.7. The monoisotopic (exact) mass is 306 g/mol. The summed E-state index contributed by atoms with van der Waals surface area (Å²) < 4.78 is 14.1. The third-order valence-electron chi connectivity index (χ3n) is 3.41. The first kappa shape index (κ1) is 16.1. The van der Waals surface area contributed by atoms with Crippen molar-refractivity contribution in [3.63, 3.8) is 0 Å². The lowest BCUT2D eigenvalue weighted by Gasteiger charge is -2.19. The van der Waals surface area contributed by atoms with Gasteiger partial charge in [-0.2, -0.15) is 0 Å². The number of hydrogen-bond donors (Lipinski definition) is 1. The van der Waals surface area contributed by atoms with Gasteiger partial charge in [-0.15, -0.1) is 11.3 Å². The van der Waals surface area contributed by atoms with Gasteiger partial charge in [0.15, 0.2) is 0 Å². The summed E-state index contributed by atoms with van der Waals surface area (Å²) in [6.45, 7) is 8.10. The van der Waals surface area contributed by atoms with Crippen molar-refractivity contribution in [2.45, 2.75) is 33.1 Å². The molecule has 0 saturated carbocycles. The molecule has 0 aliphatic rings. The van der Waals surface area contributed by atoms with Crippen LogP contribution in [0.25, 0.3) is 0 Å². The molecule has 0 saturated heterocycles. The molecule has 0 fully saturated rings. The molecule has 1 aromatic heterocycles. The fraction of sp³-hybridized carbons (Fsp3) is 0.471. The third kappa shape index (κ3) is 4.90. The number of aryl methyl sites for hydroxylation is 1. The second kappa shape index (κ2) is 7.66. The van der Waals surface area contributed by atoms with Crippen molar-refractivity contribution in [3.05, 3.63) is 51.7 Å². The zero-order valence-electron chi connectivity index (χ0n) is 12.9. The van der Waals surface area contributed by atoms with Crippen LogP contribution < -0.4 is 5.32 Å². The highest BCUT2D eigenvalue weighted by atomic mass is 32.1. The van der Waals surface area contributed by atoms with Gasteiger partial charge in [0, 0.05) is 23.5 Å². The summed E-state index contributed by atoms with van der Waals surface area (Å²) in [6.07, 6.45) is 2.74. The van der Waals surface area contributed by atoms with Gasteiger partial charge in [-0.1, -0.05) is 32.0 Å². The fourth-order valence-corrected chi connectivity index (χ4v) is 3.26. The predicted molar refractivity (Wildman–Crippen MR) is 87.4 cm³/mol. The SMILES string of the molecule is Cc1ncc(CC(CNCC(C)C)c2ccccc2F)s1.